The van der Waals surface area contributed by atoms with Gasteiger partial charge in [-0.3, -0.25) is 0 Å². The number of ether oxygens (including phenoxy) is 2. The lowest BCUT2D eigenvalue weighted by Crippen LogP contribution is -2.14. The van der Waals surface area contributed by atoms with Crippen molar-refractivity contribution in [3.8, 4) is 34.5 Å². The fraction of sp³-hybridized carbons (Fsp3) is 0.0526. The van der Waals surface area contributed by atoms with Crippen LogP contribution in [-0.4, -0.2) is 10.2 Å². The highest BCUT2D eigenvalue weighted by Crippen LogP contribution is 2.47. The number of hydrogen-bond acceptors (Lipinski definition) is 5. The van der Waals surface area contributed by atoms with Crippen LogP contribution in [0, 0.1) is 17.5 Å². The lowest BCUT2D eigenvalue weighted by atomic mass is 10.1. The first-order valence-corrected chi connectivity index (χ1v) is 8.00. The van der Waals surface area contributed by atoms with Crippen LogP contribution in [0.2, 0.25) is 0 Å². The summed E-state index contributed by atoms with van der Waals surface area (Å²) in [5.74, 6) is -11.5. The largest absolute Gasteiger partial charge is 0.508 e. The Balaban J connectivity index is 2.17. The lowest BCUT2D eigenvalue weighted by molar-refractivity contribution is -0.141. The summed E-state index contributed by atoms with van der Waals surface area (Å²) < 4.78 is 93.0. The van der Waals surface area contributed by atoms with Gasteiger partial charge in [-0.2, -0.15) is 22.0 Å². The van der Waals surface area contributed by atoms with Crippen molar-refractivity contribution in [3.63, 3.8) is 0 Å². The first-order valence-electron chi connectivity index (χ1n) is 8.00. The van der Waals surface area contributed by atoms with Gasteiger partial charge in [0.25, 0.3) is 0 Å². The number of nitrogen functional groups attached to an aromatic ring is 1. The van der Waals surface area contributed by atoms with Crippen molar-refractivity contribution >= 4 is 5.69 Å². The quantitative estimate of drug-likeness (QED) is 0.214. The van der Waals surface area contributed by atoms with Crippen LogP contribution in [0.5, 0.6) is 34.5 Å². The Labute approximate surface area is 164 Å². The van der Waals surface area contributed by atoms with Gasteiger partial charge in [-0.15, -0.1) is 0 Å². The van der Waals surface area contributed by atoms with Crippen LogP contribution >= 0.6 is 0 Å². The molecule has 0 atom stereocenters. The van der Waals surface area contributed by atoms with E-state index in [1.807, 2.05) is 0 Å². The number of anilines is 1. The van der Waals surface area contributed by atoms with Crippen LogP contribution in [0.25, 0.3) is 0 Å². The molecule has 0 radical (unpaired) electrons. The number of rotatable bonds is 4. The molecule has 3 aromatic carbocycles. The molecular weight excluding hydrogens is 420 g/mol. The van der Waals surface area contributed by atoms with Crippen molar-refractivity contribution in [3.05, 3.63) is 65.5 Å². The number of benzene rings is 3. The highest BCUT2D eigenvalue weighted by atomic mass is 19.4. The van der Waals surface area contributed by atoms with E-state index in [1.165, 1.54) is 0 Å². The highest BCUT2D eigenvalue weighted by Gasteiger charge is 2.43. The van der Waals surface area contributed by atoms with Gasteiger partial charge < -0.3 is 25.4 Å². The predicted octanol–water partition coefficient (Wildman–Crippen LogP) is 5.70. The summed E-state index contributed by atoms with van der Waals surface area (Å²) in [5.41, 5.74) is 2.94. The van der Waals surface area contributed by atoms with Crippen molar-refractivity contribution < 1.29 is 46.0 Å². The van der Waals surface area contributed by atoms with Gasteiger partial charge in [0.15, 0.2) is 11.6 Å². The first-order chi connectivity index (χ1) is 14.0. The van der Waals surface area contributed by atoms with Crippen LogP contribution < -0.4 is 15.2 Å². The molecule has 3 rings (SSSR count). The van der Waals surface area contributed by atoms with Crippen LogP contribution in [0.4, 0.5) is 32.0 Å². The van der Waals surface area contributed by atoms with E-state index in [0.29, 0.717) is 0 Å². The Hall–Kier alpha value is -3.76. The van der Waals surface area contributed by atoms with Crippen molar-refractivity contribution in [2.45, 2.75) is 6.18 Å². The number of alkyl halides is 3. The van der Waals surface area contributed by atoms with E-state index < -0.39 is 57.9 Å². The predicted molar refractivity (Wildman–Crippen MR) is 92.1 cm³/mol. The van der Waals surface area contributed by atoms with E-state index in [9.17, 15) is 36.6 Å². The zero-order valence-electron chi connectivity index (χ0n) is 14.6. The highest BCUT2D eigenvalue weighted by molar-refractivity contribution is 5.56. The Morgan fingerprint density at radius 3 is 1.87 bits per heavy atom. The van der Waals surface area contributed by atoms with Gasteiger partial charge in [-0.25, -0.2) is 4.39 Å². The number of phenols is 2. The number of aromatic hydroxyl groups is 2. The van der Waals surface area contributed by atoms with Gasteiger partial charge in [0.2, 0.25) is 17.4 Å². The van der Waals surface area contributed by atoms with Gasteiger partial charge >= 0.3 is 6.18 Å². The van der Waals surface area contributed by atoms with Crippen LogP contribution in [0.15, 0.2) is 42.5 Å². The average Bonchev–Trinajstić information content (AvgIpc) is 2.66. The SMILES string of the molecule is Nc1ccc(Oc2c(F)c(F)c(C(F)(F)F)c(Oc3ccc(O)cc3)c2F)cc1O. The normalized spacial score (nSPS) is 11.4. The van der Waals surface area contributed by atoms with Crippen LogP contribution in [0.1, 0.15) is 5.56 Å². The summed E-state index contributed by atoms with van der Waals surface area (Å²) >= 11 is 0. The van der Waals surface area contributed by atoms with E-state index in [2.05, 4.69) is 0 Å². The van der Waals surface area contributed by atoms with E-state index in [1.54, 1.807) is 0 Å². The summed E-state index contributed by atoms with van der Waals surface area (Å²) in [6.45, 7) is 0. The molecule has 0 spiro atoms. The number of phenolic OH excluding ortho intramolecular Hbond substituents is 2. The van der Waals surface area contributed by atoms with Crippen LogP contribution in [-0.2, 0) is 6.18 Å². The maximum Gasteiger partial charge on any atom is 0.423 e. The minimum atomic E-state index is -5.52. The third-order valence-electron chi connectivity index (χ3n) is 3.80. The molecule has 4 N–H and O–H groups in total. The maximum absolute atomic E-state index is 14.8. The molecule has 0 heterocycles. The van der Waals surface area contributed by atoms with Gasteiger partial charge in [0.1, 0.15) is 28.6 Å². The van der Waals surface area contributed by atoms with Gasteiger partial charge in [0, 0.05) is 6.07 Å². The molecule has 0 fully saturated rings. The fourth-order valence-electron chi connectivity index (χ4n) is 2.39. The molecule has 0 saturated carbocycles. The van der Waals surface area contributed by atoms with Gasteiger partial charge in [0.05, 0.1) is 5.69 Å². The maximum atomic E-state index is 14.8. The van der Waals surface area contributed by atoms with Gasteiger partial charge in [-0.05, 0) is 36.4 Å². The first kappa shape index (κ1) is 21.0. The van der Waals surface area contributed by atoms with Crippen molar-refractivity contribution in [1.82, 2.24) is 0 Å². The summed E-state index contributed by atoms with van der Waals surface area (Å²) in [4.78, 5) is 0. The molecule has 11 heteroatoms. The van der Waals surface area contributed by atoms with Crippen LogP contribution in [0.3, 0.4) is 0 Å². The zero-order chi connectivity index (χ0) is 22.2. The Morgan fingerprint density at radius 2 is 1.30 bits per heavy atom. The summed E-state index contributed by atoms with van der Waals surface area (Å²) in [6, 6.07) is 6.97. The summed E-state index contributed by atoms with van der Waals surface area (Å²) in [7, 11) is 0. The second kappa shape index (κ2) is 7.58. The molecule has 0 amide bonds. The molecule has 0 saturated heterocycles. The molecule has 0 aliphatic carbocycles. The Morgan fingerprint density at radius 1 is 0.733 bits per heavy atom. The minimum Gasteiger partial charge on any atom is -0.508 e. The van der Waals surface area contributed by atoms with E-state index in [0.717, 1.165) is 42.5 Å². The molecule has 158 valence electrons. The van der Waals surface area contributed by atoms with Crippen molar-refractivity contribution in [2.24, 2.45) is 0 Å². The summed E-state index contributed by atoms with van der Waals surface area (Å²) in [5, 5.41) is 18.8. The third-order valence-corrected chi connectivity index (χ3v) is 3.80. The zero-order valence-corrected chi connectivity index (χ0v) is 14.6. The molecule has 0 unspecified atom stereocenters. The molecular formula is C19H11F6NO4. The monoisotopic (exact) mass is 431 g/mol. The fourth-order valence-corrected chi connectivity index (χ4v) is 2.39. The van der Waals surface area contributed by atoms with Crippen molar-refractivity contribution in [1.29, 1.82) is 0 Å². The molecule has 30 heavy (non-hydrogen) atoms. The smallest absolute Gasteiger partial charge is 0.423 e. The second-order valence-corrected chi connectivity index (χ2v) is 5.89. The standard InChI is InChI=1S/C19H11F6NO4/c20-14-13(19(23,24)25)17(29-9-3-1-8(27)2-4-9)16(22)18(15(14)21)30-10-5-6-11(26)12(28)7-10/h1-7,27-28H,26H2. The molecule has 5 nitrogen and oxygen atoms in total. The summed E-state index contributed by atoms with van der Waals surface area (Å²) in [6.07, 6.45) is -5.52. The second-order valence-electron chi connectivity index (χ2n) is 5.89. The number of halogens is 6. The minimum absolute atomic E-state index is 0.113. The Bertz CT molecular complexity index is 1100. The topological polar surface area (TPSA) is 84.9 Å². The number of nitrogens with two attached hydrogens (primary N) is 1. The van der Waals surface area contributed by atoms with E-state index >= 15 is 0 Å². The van der Waals surface area contributed by atoms with E-state index in [4.69, 9.17) is 15.2 Å². The average molecular weight is 431 g/mol. The molecule has 3 aromatic rings. The van der Waals surface area contributed by atoms with E-state index in [-0.39, 0.29) is 11.4 Å². The molecule has 0 bridgehead atoms. The third kappa shape index (κ3) is 4.00. The lowest BCUT2D eigenvalue weighted by Gasteiger charge is -2.18. The Kier molecular flexibility index (Phi) is 5.29. The molecule has 0 aliphatic heterocycles. The molecule has 0 aromatic heterocycles. The number of hydrogen-bond donors (Lipinski definition) is 3. The van der Waals surface area contributed by atoms with Gasteiger partial charge in [-0.1, -0.05) is 0 Å². The molecule has 0 aliphatic rings. The van der Waals surface area contributed by atoms with Crippen molar-refractivity contribution in [2.75, 3.05) is 5.73 Å².